The van der Waals surface area contributed by atoms with E-state index in [0.29, 0.717) is 16.7 Å². The number of rotatable bonds is 7. The first-order valence-corrected chi connectivity index (χ1v) is 14.1. The van der Waals surface area contributed by atoms with Crippen LogP contribution in [0.4, 0.5) is 0 Å². The molecule has 0 aromatic heterocycles. The van der Waals surface area contributed by atoms with Gasteiger partial charge in [0.05, 0.1) is 11.2 Å². The minimum Gasteiger partial charge on any atom is -0.390 e. The van der Waals surface area contributed by atoms with Crippen LogP contribution in [0.25, 0.3) is 0 Å². The molecule has 0 heterocycles. The van der Waals surface area contributed by atoms with E-state index in [1.165, 1.54) is 44.9 Å². The topological polar surface area (TPSA) is 40.5 Å². The van der Waals surface area contributed by atoms with Crippen LogP contribution < -0.4 is 0 Å². The minimum atomic E-state index is -0.486. The Bertz CT molecular complexity index is 710. The summed E-state index contributed by atoms with van der Waals surface area (Å²) in [5.74, 6) is 4.06. The van der Waals surface area contributed by atoms with Gasteiger partial charge in [0.2, 0.25) is 0 Å². The normalized spacial score (nSPS) is 46.4. The molecule has 2 nitrogen and oxygen atoms in total. The molecule has 2 heteroatoms. The zero-order chi connectivity index (χ0) is 23.4. The molecular weight excluding hydrogens is 392 g/mol. The lowest BCUT2D eigenvalue weighted by Crippen LogP contribution is -2.52. The molecule has 184 valence electrons. The van der Waals surface area contributed by atoms with Gasteiger partial charge in [0.1, 0.15) is 0 Å². The summed E-state index contributed by atoms with van der Waals surface area (Å²) in [6.45, 7) is 14.1. The second-order valence-corrected chi connectivity index (χ2v) is 13.5. The monoisotopic (exact) mass is 444 g/mol. The van der Waals surface area contributed by atoms with Crippen LogP contribution in [0.2, 0.25) is 0 Å². The van der Waals surface area contributed by atoms with Crippen LogP contribution in [0.1, 0.15) is 125 Å². The van der Waals surface area contributed by atoms with E-state index in [-0.39, 0.29) is 0 Å². The lowest BCUT2D eigenvalue weighted by atomic mass is 9.46. The van der Waals surface area contributed by atoms with Gasteiger partial charge in [-0.3, -0.25) is 0 Å². The molecular formula is C30H52O2. The average molecular weight is 445 g/mol. The Morgan fingerprint density at radius 2 is 1.81 bits per heavy atom. The van der Waals surface area contributed by atoms with Crippen LogP contribution in [0.3, 0.4) is 0 Å². The van der Waals surface area contributed by atoms with E-state index in [1.807, 2.05) is 6.92 Å². The first kappa shape index (κ1) is 24.8. The molecule has 0 aliphatic heterocycles. The Kier molecular flexibility index (Phi) is 6.74. The van der Waals surface area contributed by atoms with Gasteiger partial charge in [0, 0.05) is 0 Å². The molecule has 0 radical (unpaired) electrons. The molecule has 4 aliphatic rings. The van der Waals surface area contributed by atoms with Gasteiger partial charge < -0.3 is 10.2 Å². The van der Waals surface area contributed by atoms with Gasteiger partial charge in [-0.25, -0.2) is 0 Å². The van der Waals surface area contributed by atoms with Gasteiger partial charge in [0.15, 0.2) is 0 Å². The third-order valence-electron chi connectivity index (χ3n) is 11.6. The highest BCUT2D eigenvalue weighted by Gasteiger charge is 2.59. The molecule has 0 bridgehead atoms. The first-order valence-electron chi connectivity index (χ1n) is 14.1. The number of fused-ring (bicyclic) bond motifs is 5. The zero-order valence-corrected chi connectivity index (χ0v) is 22.1. The third-order valence-corrected chi connectivity index (χ3v) is 11.6. The number of hydrogen-bond acceptors (Lipinski definition) is 2. The molecule has 3 saturated carbocycles. The Morgan fingerprint density at radius 1 is 1.06 bits per heavy atom. The Morgan fingerprint density at radius 3 is 2.50 bits per heavy atom. The van der Waals surface area contributed by atoms with Gasteiger partial charge in [0.25, 0.3) is 0 Å². The summed E-state index contributed by atoms with van der Waals surface area (Å²) in [7, 11) is 0. The molecule has 0 aromatic carbocycles. The van der Waals surface area contributed by atoms with Crippen molar-refractivity contribution in [2.75, 3.05) is 0 Å². The molecule has 2 N–H and O–H groups in total. The van der Waals surface area contributed by atoms with E-state index in [4.69, 9.17) is 0 Å². The van der Waals surface area contributed by atoms with Crippen molar-refractivity contribution in [3.63, 3.8) is 0 Å². The highest BCUT2D eigenvalue weighted by Crippen LogP contribution is 2.67. The molecule has 32 heavy (non-hydrogen) atoms. The molecule has 3 fully saturated rings. The zero-order valence-electron chi connectivity index (χ0n) is 22.1. The Balaban J connectivity index is 1.48. The molecule has 4 rings (SSSR count). The van der Waals surface area contributed by atoms with E-state index in [0.717, 1.165) is 62.2 Å². The second-order valence-electron chi connectivity index (χ2n) is 13.5. The third kappa shape index (κ3) is 4.15. The summed E-state index contributed by atoms with van der Waals surface area (Å²) in [5.41, 5.74) is 1.47. The van der Waals surface area contributed by atoms with Gasteiger partial charge in [-0.05, 0) is 124 Å². The number of allylic oxidation sites excluding steroid dienone is 1. The van der Waals surface area contributed by atoms with Crippen LogP contribution in [-0.2, 0) is 0 Å². The summed E-state index contributed by atoms with van der Waals surface area (Å²) in [5, 5.41) is 21.7. The maximum absolute atomic E-state index is 11.0. The highest BCUT2D eigenvalue weighted by atomic mass is 16.3. The van der Waals surface area contributed by atoms with Crippen molar-refractivity contribution in [3.8, 4) is 0 Å². The van der Waals surface area contributed by atoms with Crippen molar-refractivity contribution in [3.05, 3.63) is 11.6 Å². The van der Waals surface area contributed by atoms with Crippen LogP contribution in [0.5, 0.6) is 0 Å². The molecule has 9 atom stereocenters. The van der Waals surface area contributed by atoms with Gasteiger partial charge >= 0.3 is 0 Å². The quantitative estimate of drug-likeness (QED) is 0.395. The molecule has 4 aliphatic carbocycles. The van der Waals surface area contributed by atoms with Gasteiger partial charge in [-0.2, -0.15) is 0 Å². The van der Waals surface area contributed by atoms with E-state index in [2.05, 4.69) is 40.7 Å². The van der Waals surface area contributed by atoms with Crippen molar-refractivity contribution in [1.29, 1.82) is 0 Å². The van der Waals surface area contributed by atoms with Crippen LogP contribution in [-0.4, -0.2) is 21.4 Å². The smallest absolute Gasteiger partial charge is 0.0682 e. The van der Waals surface area contributed by atoms with Crippen LogP contribution in [0, 0.1) is 40.4 Å². The predicted molar refractivity (Wildman–Crippen MR) is 134 cm³/mol. The fraction of sp³-hybridized carbons (Fsp3) is 0.933. The van der Waals surface area contributed by atoms with E-state index < -0.39 is 11.2 Å². The standard InChI is InChI=1S/C30H52O2/c1-7-15-27(4,31)16-13-21(3)24-11-12-25-23-10-9-22-20-30(32,8-2)19-18-28(22,5)26(23)14-17-29(24,25)6/h9,21,23-26,31-32H,7-8,10-20H2,1-6H3/t21-,23?,24-,25?,26?,27?,28+,29-,30-/m1/s1. The minimum absolute atomic E-state index is 0.328. The largest absolute Gasteiger partial charge is 0.390 e. The molecule has 0 aromatic rings. The van der Waals surface area contributed by atoms with Crippen molar-refractivity contribution >= 4 is 0 Å². The Labute approximate surface area is 198 Å². The summed E-state index contributed by atoms with van der Waals surface area (Å²) in [6, 6.07) is 0. The molecule has 4 unspecified atom stereocenters. The Hall–Kier alpha value is -0.340. The maximum atomic E-state index is 11.0. The van der Waals surface area contributed by atoms with Crippen LogP contribution >= 0.6 is 0 Å². The predicted octanol–water partition coefficient (Wildman–Crippen LogP) is 7.67. The second kappa shape index (κ2) is 8.71. The molecule has 0 amide bonds. The van der Waals surface area contributed by atoms with Crippen molar-refractivity contribution in [1.82, 2.24) is 0 Å². The first-order chi connectivity index (χ1) is 15.0. The number of hydrogen-bond donors (Lipinski definition) is 2. The average Bonchev–Trinajstić information content (AvgIpc) is 3.10. The fourth-order valence-corrected chi connectivity index (χ4v) is 9.39. The van der Waals surface area contributed by atoms with Crippen molar-refractivity contribution in [2.45, 2.75) is 136 Å². The lowest BCUT2D eigenvalue weighted by molar-refractivity contribution is -0.0763. The van der Waals surface area contributed by atoms with Crippen molar-refractivity contribution in [2.24, 2.45) is 40.4 Å². The summed E-state index contributed by atoms with van der Waals surface area (Å²) in [4.78, 5) is 0. The maximum Gasteiger partial charge on any atom is 0.0682 e. The van der Waals surface area contributed by atoms with Gasteiger partial charge in [-0.1, -0.05) is 52.7 Å². The molecule has 0 spiro atoms. The van der Waals surface area contributed by atoms with E-state index in [1.54, 1.807) is 5.57 Å². The van der Waals surface area contributed by atoms with E-state index >= 15 is 0 Å². The summed E-state index contributed by atoms with van der Waals surface area (Å²) >= 11 is 0. The summed E-state index contributed by atoms with van der Waals surface area (Å²) in [6.07, 6.45) is 17.5. The van der Waals surface area contributed by atoms with E-state index in [9.17, 15) is 10.2 Å². The van der Waals surface area contributed by atoms with Crippen LogP contribution in [0.15, 0.2) is 11.6 Å². The number of aliphatic hydroxyl groups is 2. The lowest BCUT2D eigenvalue weighted by Gasteiger charge is -2.59. The highest BCUT2D eigenvalue weighted by molar-refractivity contribution is 5.27. The summed E-state index contributed by atoms with van der Waals surface area (Å²) < 4.78 is 0. The molecule has 0 saturated heterocycles. The SMILES string of the molecule is CCCC(C)(O)CC[C@@H](C)[C@H]1CCC2C3CC=C4C[C@@](O)(CC)CC[C@]4(C)C3CC[C@@]21C. The fourth-order valence-electron chi connectivity index (χ4n) is 9.39. The van der Waals surface area contributed by atoms with Crippen molar-refractivity contribution < 1.29 is 10.2 Å². The van der Waals surface area contributed by atoms with Gasteiger partial charge in [-0.15, -0.1) is 0 Å².